The summed E-state index contributed by atoms with van der Waals surface area (Å²) in [7, 11) is 0. The minimum absolute atomic E-state index is 0.253. The number of ketones is 1. The van der Waals surface area contributed by atoms with Crippen molar-refractivity contribution >= 4 is 29.1 Å². The van der Waals surface area contributed by atoms with Crippen molar-refractivity contribution in [1.82, 2.24) is 10.2 Å². The van der Waals surface area contributed by atoms with Gasteiger partial charge in [-0.25, -0.2) is 4.79 Å². The molecule has 1 atom stereocenters. The van der Waals surface area contributed by atoms with Crippen LogP contribution in [0.4, 0.5) is 4.79 Å². The molecule has 0 bridgehead atoms. The van der Waals surface area contributed by atoms with Crippen LogP contribution in [-0.2, 0) is 16.8 Å². The van der Waals surface area contributed by atoms with E-state index in [4.69, 9.17) is 0 Å². The van der Waals surface area contributed by atoms with Crippen molar-refractivity contribution in [2.45, 2.75) is 24.8 Å². The van der Waals surface area contributed by atoms with E-state index in [0.717, 1.165) is 39.3 Å². The average molecular weight is 417 g/mol. The molecule has 2 aliphatic rings. The lowest BCUT2D eigenvalue weighted by Gasteiger charge is -2.31. The number of aryl methyl sites for hydroxylation is 1. The molecule has 1 fully saturated rings. The van der Waals surface area contributed by atoms with E-state index >= 15 is 0 Å². The molecular weight excluding hydrogens is 396 g/mol. The van der Waals surface area contributed by atoms with Gasteiger partial charge in [0.15, 0.2) is 5.78 Å². The van der Waals surface area contributed by atoms with Crippen molar-refractivity contribution in [2.75, 3.05) is 6.54 Å². The fourth-order valence-corrected chi connectivity index (χ4v) is 5.40. The molecule has 1 spiro atoms. The van der Waals surface area contributed by atoms with Gasteiger partial charge >= 0.3 is 6.03 Å². The van der Waals surface area contributed by atoms with E-state index < -0.39 is 11.6 Å². The van der Waals surface area contributed by atoms with Crippen molar-refractivity contribution in [3.8, 4) is 11.1 Å². The summed E-state index contributed by atoms with van der Waals surface area (Å²) in [6.45, 7) is -0.253. The van der Waals surface area contributed by atoms with Gasteiger partial charge < -0.3 is 5.32 Å². The molecule has 3 amide bonds. The number of carbonyl (C=O) groups excluding carboxylic acids is 3. The van der Waals surface area contributed by atoms with Crippen LogP contribution in [0, 0.1) is 0 Å². The molecule has 6 heteroatoms. The van der Waals surface area contributed by atoms with E-state index in [9.17, 15) is 14.4 Å². The average Bonchev–Trinajstić information content (AvgIpc) is 3.35. The van der Waals surface area contributed by atoms with E-state index in [0.29, 0.717) is 12.0 Å². The van der Waals surface area contributed by atoms with Gasteiger partial charge in [0.25, 0.3) is 5.91 Å². The maximum atomic E-state index is 13.3. The first-order chi connectivity index (χ1) is 14.6. The minimum atomic E-state index is -1.01. The summed E-state index contributed by atoms with van der Waals surface area (Å²) in [6, 6.07) is 18.6. The van der Waals surface area contributed by atoms with Gasteiger partial charge in [0.2, 0.25) is 0 Å². The first-order valence-corrected chi connectivity index (χ1v) is 10.9. The second-order valence-electron chi connectivity index (χ2n) is 7.70. The number of rotatable bonds is 4. The molecule has 1 N–H and O–H groups in total. The number of benzene rings is 2. The molecule has 0 radical (unpaired) electrons. The van der Waals surface area contributed by atoms with E-state index in [1.54, 1.807) is 23.5 Å². The number of urea groups is 1. The van der Waals surface area contributed by atoms with Gasteiger partial charge in [-0.1, -0.05) is 54.6 Å². The summed E-state index contributed by atoms with van der Waals surface area (Å²) >= 11 is 1.61. The summed E-state index contributed by atoms with van der Waals surface area (Å²) in [5.74, 6) is -0.572. The zero-order valence-corrected chi connectivity index (χ0v) is 17.1. The van der Waals surface area contributed by atoms with Crippen molar-refractivity contribution < 1.29 is 14.4 Å². The van der Waals surface area contributed by atoms with Crippen LogP contribution in [0.15, 0.2) is 66.0 Å². The second-order valence-corrected chi connectivity index (χ2v) is 8.71. The fraction of sp³-hybridized carbons (Fsp3) is 0.208. The van der Waals surface area contributed by atoms with Gasteiger partial charge in [-0.05, 0) is 41.8 Å². The van der Waals surface area contributed by atoms with Crippen molar-refractivity contribution in [3.63, 3.8) is 0 Å². The predicted molar refractivity (Wildman–Crippen MR) is 115 cm³/mol. The minimum Gasteiger partial charge on any atom is -0.319 e. The lowest BCUT2D eigenvalue weighted by Crippen LogP contribution is -2.46. The zero-order valence-electron chi connectivity index (χ0n) is 16.3. The van der Waals surface area contributed by atoms with Crippen molar-refractivity contribution in [2.24, 2.45) is 0 Å². The number of nitrogens with zero attached hydrogens (tertiary/aromatic N) is 1. The molecule has 1 aromatic heterocycles. The van der Waals surface area contributed by atoms with E-state index in [1.165, 1.54) is 0 Å². The van der Waals surface area contributed by atoms with E-state index in [-0.39, 0.29) is 18.2 Å². The Balaban J connectivity index is 1.36. The number of fused-ring (bicyclic) bond motifs is 2. The third-order valence-electron chi connectivity index (χ3n) is 5.95. The number of thiophene rings is 1. The van der Waals surface area contributed by atoms with Crippen LogP contribution in [-0.4, -0.2) is 29.2 Å². The molecule has 2 heterocycles. The highest BCUT2D eigenvalue weighted by Crippen LogP contribution is 2.42. The summed E-state index contributed by atoms with van der Waals surface area (Å²) in [6.07, 6.45) is 2.32. The summed E-state index contributed by atoms with van der Waals surface area (Å²) in [5, 5.41) is 4.85. The molecule has 1 saturated heterocycles. The molecule has 0 saturated carbocycles. The second kappa shape index (κ2) is 7.22. The number of nitrogens with one attached hydrogen (secondary N) is 1. The molecule has 0 unspecified atom stereocenters. The molecule has 3 aromatic rings. The number of carbonyl (C=O) groups is 3. The molecule has 5 nitrogen and oxygen atoms in total. The smallest absolute Gasteiger partial charge is 0.319 e. The Morgan fingerprint density at radius 1 is 1.00 bits per heavy atom. The van der Waals surface area contributed by atoms with Crippen LogP contribution in [0.1, 0.15) is 33.6 Å². The SMILES string of the molecule is O=C(CN1C(=O)N[C@]2(CCCc3sccc32)C1=O)c1ccc(-c2ccccc2)cc1. The normalized spacial score (nSPS) is 20.3. The molecule has 30 heavy (non-hydrogen) atoms. The molecule has 2 aromatic carbocycles. The number of amides is 3. The maximum absolute atomic E-state index is 13.3. The third kappa shape index (κ3) is 2.95. The number of hydrogen-bond acceptors (Lipinski definition) is 4. The van der Waals surface area contributed by atoms with E-state index in [1.807, 2.05) is 53.9 Å². The number of imide groups is 1. The Morgan fingerprint density at radius 3 is 2.50 bits per heavy atom. The standard InChI is InChI=1S/C24H20N2O3S/c27-20(18-10-8-17(9-11-18)16-5-2-1-3-6-16)15-26-22(28)24(25-23(26)29)13-4-7-21-19(24)12-14-30-21/h1-3,5-6,8-12,14H,4,7,13,15H2,(H,25,29)/t24-/m0/s1. The van der Waals surface area contributed by atoms with Gasteiger partial charge in [0.05, 0.1) is 6.54 Å². The zero-order chi connectivity index (χ0) is 20.7. The highest BCUT2D eigenvalue weighted by molar-refractivity contribution is 7.10. The highest BCUT2D eigenvalue weighted by Gasteiger charge is 2.54. The Hall–Kier alpha value is -3.25. The lowest BCUT2D eigenvalue weighted by atomic mass is 9.80. The highest BCUT2D eigenvalue weighted by atomic mass is 32.1. The summed E-state index contributed by atoms with van der Waals surface area (Å²) < 4.78 is 0. The van der Waals surface area contributed by atoms with Crippen LogP contribution < -0.4 is 5.32 Å². The third-order valence-corrected chi connectivity index (χ3v) is 6.93. The lowest BCUT2D eigenvalue weighted by molar-refractivity contribution is -0.131. The number of hydrogen-bond donors (Lipinski definition) is 1. The van der Waals surface area contributed by atoms with Gasteiger partial charge in [-0.15, -0.1) is 11.3 Å². The quantitative estimate of drug-likeness (QED) is 0.507. The Bertz CT molecular complexity index is 1140. The summed E-state index contributed by atoms with van der Waals surface area (Å²) in [5.41, 5.74) is 2.43. The molecule has 150 valence electrons. The van der Waals surface area contributed by atoms with Crippen molar-refractivity contribution in [1.29, 1.82) is 0 Å². The van der Waals surface area contributed by atoms with Crippen molar-refractivity contribution in [3.05, 3.63) is 82.0 Å². The van der Waals surface area contributed by atoms with Gasteiger partial charge in [0.1, 0.15) is 5.54 Å². The molecule has 1 aliphatic carbocycles. The first kappa shape index (κ1) is 18.8. The molecule has 1 aliphatic heterocycles. The van der Waals surface area contributed by atoms with Gasteiger partial charge in [-0.3, -0.25) is 14.5 Å². The predicted octanol–water partition coefficient (Wildman–Crippen LogP) is 4.38. The summed E-state index contributed by atoms with van der Waals surface area (Å²) in [4.78, 5) is 40.9. The van der Waals surface area contributed by atoms with Crippen LogP contribution in [0.25, 0.3) is 11.1 Å². The Labute approximate surface area is 178 Å². The van der Waals surface area contributed by atoms with Crippen LogP contribution in [0.3, 0.4) is 0 Å². The fourth-order valence-electron chi connectivity index (χ4n) is 4.40. The topological polar surface area (TPSA) is 66.5 Å². The maximum Gasteiger partial charge on any atom is 0.325 e. The van der Waals surface area contributed by atoms with E-state index in [2.05, 4.69) is 5.32 Å². The Kier molecular flexibility index (Phi) is 4.51. The van der Waals surface area contributed by atoms with Crippen LogP contribution >= 0.6 is 11.3 Å². The molecular formula is C24H20N2O3S. The van der Waals surface area contributed by atoms with Crippen LogP contribution in [0.2, 0.25) is 0 Å². The van der Waals surface area contributed by atoms with Crippen LogP contribution in [0.5, 0.6) is 0 Å². The Morgan fingerprint density at radius 2 is 1.73 bits per heavy atom. The monoisotopic (exact) mass is 416 g/mol. The first-order valence-electron chi connectivity index (χ1n) is 9.98. The van der Waals surface area contributed by atoms with Gasteiger partial charge in [-0.2, -0.15) is 0 Å². The molecule has 5 rings (SSSR count). The number of Topliss-reactive ketones (excluding diaryl/α,β-unsaturated/α-hetero) is 1. The van der Waals surface area contributed by atoms with Gasteiger partial charge in [0, 0.05) is 16.0 Å². The largest absolute Gasteiger partial charge is 0.325 e.